The Morgan fingerprint density at radius 1 is 1.04 bits per heavy atom. The average molecular weight is 396 g/mol. The zero-order chi connectivity index (χ0) is 18.8. The third kappa shape index (κ3) is 3.97. The van der Waals surface area contributed by atoms with Crippen molar-refractivity contribution < 1.29 is 9.90 Å². The van der Waals surface area contributed by atoms with Crippen LogP contribution in [0.15, 0.2) is 54.2 Å². The third-order valence-corrected chi connectivity index (χ3v) is 5.30. The van der Waals surface area contributed by atoms with Crippen LogP contribution >= 0.6 is 22.9 Å². The third-order valence-electron chi connectivity index (χ3n) is 4.20. The number of benzene rings is 2. The Morgan fingerprint density at radius 2 is 1.81 bits per heavy atom. The van der Waals surface area contributed by atoms with Gasteiger partial charge in [-0.2, -0.15) is 0 Å². The molecule has 0 aliphatic rings. The molecule has 0 aliphatic heterocycles. The molecule has 27 heavy (non-hydrogen) atoms. The van der Waals surface area contributed by atoms with Crippen LogP contribution in [0.2, 0.25) is 5.02 Å². The monoisotopic (exact) mass is 395 g/mol. The van der Waals surface area contributed by atoms with Crippen LogP contribution in [0.4, 0.5) is 0 Å². The van der Waals surface area contributed by atoms with E-state index in [-0.39, 0.29) is 5.56 Å². The zero-order valence-corrected chi connectivity index (χ0v) is 15.7. The number of carbonyl (C=O) groups is 1. The van der Waals surface area contributed by atoms with E-state index in [9.17, 15) is 4.79 Å². The number of hydrogen-bond donors (Lipinski definition) is 1. The molecule has 0 radical (unpaired) electrons. The lowest BCUT2D eigenvalue weighted by Crippen LogP contribution is -2.03. The van der Waals surface area contributed by atoms with Gasteiger partial charge in [-0.05, 0) is 35.4 Å². The van der Waals surface area contributed by atoms with Crippen molar-refractivity contribution in [1.82, 2.24) is 15.0 Å². The van der Waals surface area contributed by atoms with Crippen molar-refractivity contribution in [3.05, 3.63) is 87.4 Å². The molecule has 0 spiro atoms. The zero-order valence-electron chi connectivity index (χ0n) is 14.1. The van der Waals surface area contributed by atoms with Crippen molar-refractivity contribution in [2.24, 2.45) is 0 Å². The minimum atomic E-state index is -0.940. The van der Waals surface area contributed by atoms with Crippen molar-refractivity contribution in [3.63, 3.8) is 0 Å². The molecular weight excluding hydrogens is 382 g/mol. The van der Waals surface area contributed by atoms with Crippen LogP contribution in [0.25, 0.3) is 10.2 Å². The number of aromatic carboxylic acids is 1. The Bertz CT molecular complexity index is 1130. The molecule has 0 saturated heterocycles. The van der Waals surface area contributed by atoms with E-state index in [2.05, 4.69) is 21.0 Å². The van der Waals surface area contributed by atoms with E-state index in [0.717, 1.165) is 27.0 Å². The molecular formula is C20H14ClN3O2S. The Morgan fingerprint density at radius 3 is 2.59 bits per heavy atom. The van der Waals surface area contributed by atoms with Crippen LogP contribution in [0.5, 0.6) is 0 Å². The van der Waals surface area contributed by atoms with Gasteiger partial charge in [0, 0.05) is 19.0 Å². The van der Waals surface area contributed by atoms with Crippen molar-refractivity contribution in [1.29, 1.82) is 0 Å². The Hall–Kier alpha value is -2.83. The minimum Gasteiger partial charge on any atom is -0.478 e. The maximum absolute atomic E-state index is 10.9. The first kappa shape index (κ1) is 17.6. The Labute approximate surface area is 164 Å². The van der Waals surface area contributed by atoms with Gasteiger partial charge in [0.1, 0.15) is 5.82 Å². The average Bonchev–Trinajstić information content (AvgIpc) is 3.13. The number of carboxylic acids is 1. The fourth-order valence-electron chi connectivity index (χ4n) is 2.80. The van der Waals surface area contributed by atoms with Gasteiger partial charge < -0.3 is 5.11 Å². The largest absolute Gasteiger partial charge is 0.478 e. The van der Waals surface area contributed by atoms with Gasteiger partial charge in [-0.15, -0.1) is 11.3 Å². The summed E-state index contributed by atoms with van der Waals surface area (Å²) in [5, 5.41) is 9.51. The molecule has 7 heteroatoms. The van der Waals surface area contributed by atoms with Crippen LogP contribution in [0.1, 0.15) is 33.0 Å². The first-order valence-corrected chi connectivity index (χ1v) is 9.49. The number of nitrogens with zero attached hydrogens (tertiary/aromatic N) is 3. The van der Waals surface area contributed by atoms with E-state index in [4.69, 9.17) is 16.7 Å². The van der Waals surface area contributed by atoms with Crippen LogP contribution in [-0.2, 0) is 12.8 Å². The fraction of sp³-hybridized carbons (Fsp3) is 0.100. The molecule has 5 nitrogen and oxygen atoms in total. The maximum atomic E-state index is 10.9. The van der Waals surface area contributed by atoms with Crippen molar-refractivity contribution in [3.8, 4) is 0 Å². The number of carboxylic acid groups (broad SMARTS) is 1. The predicted octanol–water partition coefficient (Wildman–Crippen LogP) is 4.62. The van der Waals surface area contributed by atoms with E-state index < -0.39 is 5.97 Å². The number of rotatable bonds is 5. The van der Waals surface area contributed by atoms with Gasteiger partial charge in [0.15, 0.2) is 0 Å². The van der Waals surface area contributed by atoms with E-state index in [1.165, 1.54) is 0 Å². The van der Waals surface area contributed by atoms with Gasteiger partial charge in [-0.25, -0.2) is 19.7 Å². The highest BCUT2D eigenvalue weighted by atomic mass is 35.5. The van der Waals surface area contributed by atoms with E-state index in [0.29, 0.717) is 23.7 Å². The summed E-state index contributed by atoms with van der Waals surface area (Å²) in [6, 6.07) is 12.9. The number of aromatic nitrogens is 3. The first-order chi connectivity index (χ1) is 13.1. The summed E-state index contributed by atoms with van der Waals surface area (Å²) in [7, 11) is 0. The highest BCUT2D eigenvalue weighted by Crippen LogP contribution is 2.23. The summed E-state index contributed by atoms with van der Waals surface area (Å²) < 4.78 is 1.14. The highest BCUT2D eigenvalue weighted by Gasteiger charge is 2.09. The number of halogens is 1. The molecule has 2 aromatic carbocycles. The standard InChI is InChI=1S/C20H14ClN3O2S/c21-15-10-22-19(9-12-1-4-14(5-2-12)20(25)26)24-17(15)7-13-3-6-16-18(8-13)27-11-23-16/h1-6,8,10-11H,7,9H2,(H,25,26). The van der Waals surface area contributed by atoms with E-state index >= 15 is 0 Å². The van der Waals surface area contributed by atoms with Gasteiger partial charge >= 0.3 is 5.97 Å². The summed E-state index contributed by atoms with van der Waals surface area (Å²) >= 11 is 7.91. The van der Waals surface area contributed by atoms with Gasteiger partial charge in [-0.1, -0.05) is 29.8 Å². The lowest BCUT2D eigenvalue weighted by molar-refractivity contribution is 0.0697. The molecule has 2 heterocycles. The van der Waals surface area contributed by atoms with Crippen molar-refractivity contribution in [2.45, 2.75) is 12.8 Å². The van der Waals surface area contributed by atoms with Gasteiger partial charge in [0.05, 0.1) is 32.0 Å². The molecule has 0 amide bonds. The quantitative estimate of drug-likeness (QED) is 0.533. The highest BCUT2D eigenvalue weighted by molar-refractivity contribution is 7.16. The van der Waals surface area contributed by atoms with Crippen molar-refractivity contribution >= 4 is 39.1 Å². The molecule has 0 saturated carbocycles. The number of thiazole rings is 1. The summed E-state index contributed by atoms with van der Waals surface area (Å²) in [6.45, 7) is 0. The molecule has 0 unspecified atom stereocenters. The van der Waals surface area contributed by atoms with Gasteiger partial charge in [0.25, 0.3) is 0 Å². The summed E-state index contributed by atoms with van der Waals surface area (Å²) in [4.78, 5) is 24.2. The first-order valence-electron chi connectivity index (χ1n) is 8.23. The predicted molar refractivity (Wildman–Crippen MR) is 106 cm³/mol. The molecule has 1 N–H and O–H groups in total. The second kappa shape index (κ2) is 7.42. The van der Waals surface area contributed by atoms with Crippen LogP contribution in [0.3, 0.4) is 0 Å². The second-order valence-corrected chi connectivity index (χ2v) is 7.38. The van der Waals surface area contributed by atoms with Crippen LogP contribution in [-0.4, -0.2) is 26.0 Å². The van der Waals surface area contributed by atoms with Crippen LogP contribution < -0.4 is 0 Å². The maximum Gasteiger partial charge on any atom is 0.335 e. The number of fused-ring (bicyclic) bond motifs is 1. The molecule has 0 bridgehead atoms. The molecule has 4 rings (SSSR count). The molecule has 0 fully saturated rings. The molecule has 2 aromatic heterocycles. The topological polar surface area (TPSA) is 76.0 Å². The van der Waals surface area contributed by atoms with E-state index in [1.807, 2.05) is 17.6 Å². The Kier molecular flexibility index (Phi) is 4.83. The second-order valence-electron chi connectivity index (χ2n) is 6.09. The summed E-state index contributed by atoms with van der Waals surface area (Å²) in [5.41, 5.74) is 5.91. The molecule has 0 aliphatic carbocycles. The Balaban J connectivity index is 1.56. The van der Waals surface area contributed by atoms with Gasteiger partial charge in [-0.3, -0.25) is 0 Å². The lowest BCUT2D eigenvalue weighted by atomic mass is 10.1. The molecule has 0 atom stereocenters. The SMILES string of the molecule is O=C(O)c1ccc(Cc2ncc(Cl)c(Cc3ccc4ncsc4c3)n2)cc1. The molecule has 134 valence electrons. The smallest absolute Gasteiger partial charge is 0.335 e. The minimum absolute atomic E-state index is 0.259. The summed E-state index contributed by atoms with van der Waals surface area (Å²) in [5.74, 6) is -0.291. The molecule has 4 aromatic rings. The van der Waals surface area contributed by atoms with Gasteiger partial charge in [0.2, 0.25) is 0 Å². The lowest BCUT2D eigenvalue weighted by Gasteiger charge is -2.07. The fourth-order valence-corrected chi connectivity index (χ4v) is 3.70. The van der Waals surface area contributed by atoms with Crippen molar-refractivity contribution in [2.75, 3.05) is 0 Å². The number of hydrogen-bond acceptors (Lipinski definition) is 5. The normalized spacial score (nSPS) is 11.0. The van der Waals surface area contributed by atoms with Crippen LogP contribution in [0, 0.1) is 0 Å². The van der Waals surface area contributed by atoms with E-state index in [1.54, 1.807) is 41.8 Å². The summed E-state index contributed by atoms with van der Waals surface area (Å²) in [6.07, 6.45) is 2.74.